The third-order valence-electron chi connectivity index (χ3n) is 4.81. The lowest BCUT2D eigenvalue weighted by atomic mass is 9.75. The van der Waals surface area contributed by atoms with E-state index < -0.39 is 0 Å². The van der Waals surface area contributed by atoms with E-state index in [-0.39, 0.29) is 0 Å². The Morgan fingerprint density at radius 1 is 1.20 bits per heavy atom. The summed E-state index contributed by atoms with van der Waals surface area (Å²) in [6.45, 7) is 1.93. The largest absolute Gasteiger partial charge is 0.381 e. The molecule has 0 saturated heterocycles. The van der Waals surface area contributed by atoms with Crippen LogP contribution < -0.4 is 0 Å². The van der Waals surface area contributed by atoms with Gasteiger partial charge in [-0.2, -0.15) is 0 Å². The molecule has 2 heteroatoms. The molecule has 15 heavy (non-hydrogen) atoms. The van der Waals surface area contributed by atoms with Crippen LogP contribution in [0.5, 0.6) is 0 Å². The SMILES string of the molecule is ClCC1(COCC2CC2)CC2CCC1C2. The molecule has 2 bridgehead atoms. The van der Waals surface area contributed by atoms with Crippen molar-refractivity contribution in [2.75, 3.05) is 19.1 Å². The van der Waals surface area contributed by atoms with E-state index in [0.717, 1.165) is 36.8 Å². The zero-order valence-electron chi connectivity index (χ0n) is 9.38. The van der Waals surface area contributed by atoms with E-state index in [0.29, 0.717) is 5.41 Å². The van der Waals surface area contributed by atoms with Gasteiger partial charge in [0.1, 0.15) is 0 Å². The first-order valence-corrected chi connectivity index (χ1v) is 6.99. The molecule has 3 aliphatic rings. The first-order chi connectivity index (χ1) is 7.32. The van der Waals surface area contributed by atoms with Crippen LogP contribution in [0.4, 0.5) is 0 Å². The summed E-state index contributed by atoms with van der Waals surface area (Å²) in [5.41, 5.74) is 0.360. The molecule has 0 heterocycles. The van der Waals surface area contributed by atoms with Crippen molar-refractivity contribution in [2.45, 2.75) is 38.5 Å². The van der Waals surface area contributed by atoms with Gasteiger partial charge in [-0.25, -0.2) is 0 Å². The highest BCUT2D eigenvalue weighted by Gasteiger charge is 2.50. The molecule has 3 atom stereocenters. The molecule has 3 unspecified atom stereocenters. The molecule has 0 aromatic heterocycles. The lowest BCUT2D eigenvalue weighted by molar-refractivity contribution is 0.0181. The van der Waals surface area contributed by atoms with Crippen LogP contribution in [0.25, 0.3) is 0 Å². The van der Waals surface area contributed by atoms with E-state index in [4.69, 9.17) is 16.3 Å². The van der Waals surface area contributed by atoms with E-state index in [9.17, 15) is 0 Å². The predicted molar refractivity (Wildman–Crippen MR) is 62.1 cm³/mol. The van der Waals surface area contributed by atoms with Crippen molar-refractivity contribution in [1.29, 1.82) is 0 Å². The van der Waals surface area contributed by atoms with Gasteiger partial charge < -0.3 is 4.74 Å². The summed E-state index contributed by atoms with van der Waals surface area (Å²) in [5, 5.41) is 0. The number of hydrogen-bond acceptors (Lipinski definition) is 1. The van der Waals surface area contributed by atoms with E-state index in [2.05, 4.69) is 0 Å². The Labute approximate surface area is 97.5 Å². The fourth-order valence-electron chi connectivity index (χ4n) is 3.65. The highest BCUT2D eigenvalue weighted by Crippen LogP contribution is 2.56. The van der Waals surface area contributed by atoms with E-state index in [1.54, 1.807) is 0 Å². The second-order valence-corrected chi connectivity index (χ2v) is 6.30. The molecule has 3 rings (SSSR count). The fourth-order valence-corrected chi connectivity index (χ4v) is 4.05. The maximum atomic E-state index is 6.21. The van der Waals surface area contributed by atoms with Gasteiger partial charge in [-0.3, -0.25) is 0 Å². The van der Waals surface area contributed by atoms with Crippen LogP contribution in [0.2, 0.25) is 0 Å². The van der Waals surface area contributed by atoms with Gasteiger partial charge in [0.2, 0.25) is 0 Å². The molecular weight excluding hydrogens is 208 g/mol. The Morgan fingerprint density at radius 2 is 2.07 bits per heavy atom. The summed E-state index contributed by atoms with van der Waals surface area (Å²) < 4.78 is 5.90. The van der Waals surface area contributed by atoms with Crippen molar-refractivity contribution in [3.05, 3.63) is 0 Å². The second kappa shape index (κ2) is 3.92. The topological polar surface area (TPSA) is 9.23 Å². The first kappa shape index (κ1) is 10.4. The van der Waals surface area contributed by atoms with Crippen LogP contribution in [0.15, 0.2) is 0 Å². The van der Waals surface area contributed by atoms with Gasteiger partial charge in [-0.05, 0) is 49.9 Å². The van der Waals surface area contributed by atoms with Gasteiger partial charge in [-0.1, -0.05) is 6.42 Å². The van der Waals surface area contributed by atoms with Crippen molar-refractivity contribution >= 4 is 11.6 Å². The molecular formula is C13H21ClO. The average Bonchev–Trinajstić information content (AvgIpc) is 2.86. The normalized spacial score (nSPS) is 43.8. The van der Waals surface area contributed by atoms with E-state index in [1.165, 1.54) is 38.5 Å². The summed E-state index contributed by atoms with van der Waals surface area (Å²) >= 11 is 6.21. The van der Waals surface area contributed by atoms with Crippen molar-refractivity contribution in [3.63, 3.8) is 0 Å². The molecule has 3 aliphatic carbocycles. The molecule has 0 spiro atoms. The number of alkyl halides is 1. The molecule has 0 amide bonds. The smallest absolute Gasteiger partial charge is 0.0536 e. The van der Waals surface area contributed by atoms with Crippen molar-refractivity contribution < 1.29 is 4.74 Å². The van der Waals surface area contributed by atoms with Crippen molar-refractivity contribution in [3.8, 4) is 0 Å². The Hall–Kier alpha value is 0.250. The molecule has 0 radical (unpaired) electrons. The summed E-state index contributed by atoms with van der Waals surface area (Å²) in [6, 6.07) is 0. The maximum Gasteiger partial charge on any atom is 0.0536 e. The highest BCUT2D eigenvalue weighted by atomic mass is 35.5. The van der Waals surface area contributed by atoms with E-state index >= 15 is 0 Å². The van der Waals surface area contributed by atoms with Gasteiger partial charge in [0, 0.05) is 17.9 Å². The minimum atomic E-state index is 0.360. The fraction of sp³-hybridized carbons (Fsp3) is 1.00. The van der Waals surface area contributed by atoms with Gasteiger partial charge in [0.05, 0.1) is 6.61 Å². The zero-order valence-corrected chi connectivity index (χ0v) is 10.1. The Morgan fingerprint density at radius 3 is 2.60 bits per heavy atom. The molecule has 0 aromatic carbocycles. The minimum absolute atomic E-state index is 0.360. The minimum Gasteiger partial charge on any atom is -0.381 e. The average molecular weight is 229 g/mol. The molecule has 0 aromatic rings. The van der Waals surface area contributed by atoms with E-state index in [1.807, 2.05) is 0 Å². The Balaban J connectivity index is 1.55. The highest BCUT2D eigenvalue weighted by molar-refractivity contribution is 6.18. The van der Waals surface area contributed by atoms with Gasteiger partial charge >= 0.3 is 0 Å². The number of ether oxygens (including phenoxy) is 1. The number of fused-ring (bicyclic) bond motifs is 2. The summed E-state index contributed by atoms with van der Waals surface area (Å²) in [6.07, 6.45) is 8.40. The van der Waals surface area contributed by atoms with Crippen LogP contribution in [0.3, 0.4) is 0 Å². The third-order valence-corrected chi connectivity index (χ3v) is 5.34. The lowest BCUT2D eigenvalue weighted by Gasteiger charge is -2.35. The number of halogens is 1. The summed E-state index contributed by atoms with van der Waals surface area (Å²) in [7, 11) is 0. The third kappa shape index (κ3) is 1.93. The standard InChI is InChI=1S/C13H21ClO/c14-8-13(9-15-7-10-1-2-10)6-11-3-4-12(13)5-11/h10-12H,1-9H2. The predicted octanol–water partition coefficient (Wildman–Crippen LogP) is 3.46. The molecule has 86 valence electrons. The van der Waals surface area contributed by atoms with Gasteiger partial charge in [0.25, 0.3) is 0 Å². The van der Waals surface area contributed by atoms with Crippen molar-refractivity contribution in [1.82, 2.24) is 0 Å². The van der Waals surface area contributed by atoms with Crippen molar-refractivity contribution in [2.24, 2.45) is 23.2 Å². The number of hydrogen-bond donors (Lipinski definition) is 0. The maximum absolute atomic E-state index is 6.21. The molecule has 0 N–H and O–H groups in total. The monoisotopic (exact) mass is 228 g/mol. The van der Waals surface area contributed by atoms with Gasteiger partial charge in [-0.15, -0.1) is 11.6 Å². The van der Waals surface area contributed by atoms with Crippen LogP contribution in [-0.4, -0.2) is 19.1 Å². The summed E-state index contributed by atoms with van der Waals surface area (Å²) in [5.74, 6) is 3.55. The molecule has 3 saturated carbocycles. The molecule has 3 fully saturated rings. The molecule has 1 nitrogen and oxygen atoms in total. The Bertz CT molecular complexity index is 239. The zero-order chi connectivity index (χ0) is 10.3. The van der Waals surface area contributed by atoms with Crippen LogP contribution in [-0.2, 0) is 4.74 Å². The number of rotatable bonds is 5. The van der Waals surface area contributed by atoms with Crippen LogP contribution >= 0.6 is 11.6 Å². The van der Waals surface area contributed by atoms with Gasteiger partial charge in [0.15, 0.2) is 0 Å². The first-order valence-electron chi connectivity index (χ1n) is 6.46. The lowest BCUT2D eigenvalue weighted by Crippen LogP contribution is -2.35. The molecule has 0 aliphatic heterocycles. The van der Waals surface area contributed by atoms with Crippen LogP contribution in [0.1, 0.15) is 38.5 Å². The second-order valence-electron chi connectivity index (χ2n) is 6.03. The quantitative estimate of drug-likeness (QED) is 0.655. The summed E-state index contributed by atoms with van der Waals surface area (Å²) in [4.78, 5) is 0. The van der Waals surface area contributed by atoms with Crippen LogP contribution in [0, 0.1) is 23.2 Å². The Kier molecular flexibility index (Phi) is 2.72.